The molecule has 2 aliphatic rings. The van der Waals surface area contributed by atoms with Crippen molar-refractivity contribution in [3.63, 3.8) is 0 Å². The van der Waals surface area contributed by atoms with Gasteiger partial charge < -0.3 is 9.05 Å². The van der Waals surface area contributed by atoms with Crippen LogP contribution in [-0.4, -0.2) is 11.7 Å². The first-order chi connectivity index (χ1) is 9.31. The molecule has 0 bridgehead atoms. The third-order valence-electron chi connectivity index (χ3n) is 3.81. The van der Waals surface area contributed by atoms with E-state index in [0.29, 0.717) is 6.10 Å². The minimum Gasteiger partial charge on any atom is -0.327 e. The van der Waals surface area contributed by atoms with Gasteiger partial charge in [0.2, 0.25) is 8.38 Å². The molecule has 2 nitrogen and oxygen atoms in total. The van der Waals surface area contributed by atoms with E-state index in [4.69, 9.17) is 9.05 Å². The molecule has 0 aliphatic heterocycles. The lowest BCUT2D eigenvalue weighted by atomic mass is 10.1. The van der Waals surface area contributed by atoms with Crippen molar-refractivity contribution in [2.24, 2.45) is 0 Å². The van der Waals surface area contributed by atoms with E-state index in [2.05, 4.69) is 37.3 Å². The smallest absolute Gasteiger partial charge is 0.205 e. The highest BCUT2D eigenvalue weighted by Gasteiger charge is 2.46. The van der Waals surface area contributed by atoms with Crippen LogP contribution >= 0.6 is 8.38 Å². The van der Waals surface area contributed by atoms with Crippen LogP contribution in [0, 0.1) is 0 Å². The van der Waals surface area contributed by atoms with E-state index in [0.717, 1.165) is 0 Å². The SMILES string of the molecule is CCCCC1(OP(OC2CC2)c2ccccc2)CC1. The van der Waals surface area contributed by atoms with Crippen LogP contribution in [0.4, 0.5) is 0 Å². The van der Waals surface area contributed by atoms with Crippen molar-refractivity contribution in [3.05, 3.63) is 30.3 Å². The molecule has 1 aromatic carbocycles. The summed E-state index contributed by atoms with van der Waals surface area (Å²) in [7, 11) is -0.875. The van der Waals surface area contributed by atoms with E-state index in [1.165, 1.54) is 50.3 Å². The van der Waals surface area contributed by atoms with Crippen molar-refractivity contribution in [2.45, 2.75) is 63.6 Å². The van der Waals surface area contributed by atoms with E-state index in [-0.39, 0.29) is 5.60 Å². The quantitative estimate of drug-likeness (QED) is 0.650. The summed E-state index contributed by atoms with van der Waals surface area (Å²) in [5, 5.41) is 1.23. The first-order valence-corrected chi connectivity index (χ1v) is 8.70. The minimum absolute atomic E-state index is 0.145. The van der Waals surface area contributed by atoms with Crippen LogP contribution < -0.4 is 5.30 Å². The molecule has 0 amide bonds. The third-order valence-corrected chi connectivity index (χ3v) is 5.57. The number of unbranched alkanes of at least 4 members (excludes halogenated alkanes) is 1. The molecule has 0 heterocycles. The van der Waals surface area contributed by atoms with Crippen LogP contribution in [0.3, 0.4) is 0 Å². The Hall–Kier alpha value is -0.430. The fourth-order valence-corrected chi connectivity index (χ4v) is 3.99. The van der Waals surface area contributed by atoms with Gasteiger partial charge in [0.25, 0.3) is 0 Å². The monoisotopic (exact) mass is 278 g/mol. The molecule has 0 radical (unpaired) electrons. The Morgan fingerprint density at radius 2 is 1.95 bits per heavy atom. The Kier molecular flexibility index (Phi) is 4.21. The van der Waals surface area contributed by atoms with Crippen LogP contribution in [-0.2, 0) is 9.05 Å². The lowest BCUT2D eigenvalue weighted by Crippen LogP contribution is -2.16. The topological polar surface area (TPSA) is 18.5 Å². The molecular formula is C16H23O2P. The maximum atomic E-state index is 6.43. The molecule has 1 atom stereocenters. The highest BCUT2D eigenvalue weighted by Crippen LogP contribution is 2.56. The van der Waals surface area contributed by atoms with Crippen LogP contribution in [0.2, 0.25) is 0 Å². The first-order valence-electron chi connectivity index (χ1n) is 7.52. The summed E-state index contributed by atoms with van der Waals surface area (Å²) >= 11 is 0. The predicted octanol–water partition coefficient (Wildman–Crippen LogP) is 4.54. The Morgan fingerprint density at radius 1 is 1.21 bits per heavy atom. The lowest BCUT2D eigenvalue weighted by Gasteiger charge is -2.24. The minimum atomic E-state index is -0.875. The molecule has 2 fully saturated rings. The van der Waals surface area contributed by atoms with Crippen molar-refractivity contribution >= 4 is 13.7 Å². The molecular weight excluding hydrogens is 255 g/mol. The molecule has 2 saturated carbocycles. The summed E-state index contributed by atoms with van der Waals surface area (Å²) in [5.41, 5.74) is 0.145. The molecule has 19 heavy (non-hydrogen) atoms. The Labute approximate surface area is 117 Å². The maximum absolute atomic E-state index is 6.43. The zero-order valence-corrected chi connectivity index (χ0v) is 12.6. The second kappa shape index (κ2) is 5.91. The summed E-state index contributed by atoms with van der Waals surface area (Å²) in [4.78, 5) is 0. The van der Waals surface area contributed by atoms with Gasteiger partial charge in [0.05, 0.1) is 11.7 Å². The average Bonchev–Trinajstić information content (AvgIpc) is 3.35. The van der Waals surface area contributed by atoms with Gasteiger partial charge >= 0.3 is 0 Å². The van der Waals surface area contributed by atoms with Crippen LogP contribution in [0.25, 0.3) is 0 Å². The highest BCUT2D eigenvalue weighted by atomic mass is 31.2. The summed E-state index contributed by atoms with van der Waals surface area (Å²) in [6, 6.07) is 10.5. The Morgan fingerprint density at radius 3 is 2.53 bits per heavy atom. The number of hydrogen-bond donors (Lipinski definition) is 0. The van der Waals surface area contributed by atoms with E-state index in [1.54, 1.807) is 0 Å². The second-order valence-electron chi connectivity index (χ2n) is 5.78. The molecule has 3 heteroatoms. The molecule has 0 saturated heterocycles. The molecule has 0 aromatic heterocycles. The summed E-state index contributed by atoms with van der Waals surface area (Å²) in [5.74, 6) is 0. The first kappa shape index (κ1) is 13.5. The summed E-state index contributed by atoms with van der Waals surface area (Å²) in [6.07, 6.45) is 9.00. The molecule has 2 aliphatic carbocycles. The number of benzene rings is 1. The van der Waals surface area contributed by atoms with Gasteiger partial charge in [0, 0.05) is 5.30 Å². The van der Waals surface area contributed by atoms with Gasteiger partial charge in [-0.05, 0) is 44.2 Å². The van der Waals surface area contributed by atoms with Gasteiger partial charge in [-0.15, -0.1) is 0 Å². The fraction of sp³-hybridized carbons (Fsp3) is 0.625. The second-order valence-corrected chi connectivity index (χ2v) is 7.20. The van der Waals surface area contributed by atoms with Crippen molar-refractivity contribution in [1.82, 2.24) is 0 Å². The number of rotatable bonds is 8. The molecule has 0 spiro atoms. The van der Waals surface area contributed by atoms with Crippen molar-refractivity contribution in [1.29, 1.82) is 0 Å². The van der Waals surface area contributed by atoms with Gasteiger partial charge in [-0.3, -0.25) is 0 Å². The van der Waals surface area contributed by atoms with Gasteiger partial charge in [0.15, 0.2) is 0 Å². The Bertz CT molecular complexity index is 398. The molecule has 104 valence electrons. The van der Waals surface area contributed by atoms with Crippen molar-refractivity contribution in [2.75, 3.05) is 0 Å². The van der Waals surface area contributed by atoms with E-state index in [1.807, 2.05) is 0 Å². The Balaban J connectivity index is 1.65. The van der Waals surface area contributed by atoms with Crippen LogP contribution in [0.5, 0.6) is 0 Å². The summed E-state index contributed by atoms with van der Waals surface area (Å²) < 4.78 is 12.6. The van der Waals surface area contributed by atoms with Crippen LogP contribution in [0.1, 0.15) is 51.9 Å². The van der Waals surface area contributed by atoms with Gasteiger partial charge in [-0.2, -0.15) is 0 Å². The zero-order chi connectivity index (χ0) is 13.1. The summed E-state index contributed by atoms with van der Waals surface area (Å²) in [6.45, 7) is 2.25. The van der Waals surface area contributed by atoms with Crippen molar-refractivity contribution < 1.29 is 9.05 Å². The fourth-order valence-electron chi connectivity index (χ4n) is 2.19. The highest BCUT2D eigenvalue weighted by molar-refractivity contribution is 7.56. The van der Waals surface area contributed by atoms with E-state index >= 15 is 0 Å². The molecule has 1 aromatic rings. The number of hydrogen-bond acceptors (Lipinski definition) is 2. The lowest BCUT2D eigenvalue weighted by molar-refractivity contribution is 0.150. The van der Waals surface area contributed by atoms with E-state index < -0.39 is 8.38 Å². The predicted molar refractivity (Wildman–Crippen MR) is 79.7 cm³/mol. The van der Waals surface area contributed by atoms with Gasteiger partial charge in [-0.25, -0.2) is 0 Å². The largest absolute Gasteiger partial charge is 0.327 e. The maximum Gasteiger partial charge on any atom is 0.205 e. The van der Waals surface area contributed by atoms with Crippen molar-refractivity contribution in [3.8, 4) is 0 Å². The van der Waals surface area contributed by atoms with Gasteiger partial charge in [-0.1, -0.05) is 38.0 Å². The third kappa shape index (κ3) is 3.78. The molecule has 0 N–H and O–H groups in total. The molecule has 3 rings (SSSR count). The van der Waals surface area contributed by atoms with E-state index in [9.17, 15) is 0 Å². The zero-order valence-electron chi connectivity index (χ0n) is 11.7. The molecule has 1 unspecified atom stereocenters. The normalized spacial score (nSPS) is 22.2. The van der Waals surface area contributed by atoms with Crippen LogP contribution in [0.15, 0.2) is 30.3 Å². The average molecular weight is 278 g/mol. The van der Waals surface area contributed by atoms with Gasteiger partial charge in [0.1, 0.15) is 0 Å². The standard InChI is InChI=1S/C16H23O2P/c1-2-3-11-16(12-13-16)18-19(17-14-9-10-14)15-7-5-4-6-8-15/h4-8,14H,2-3,9-13H2,1H3.